The molecule has 0 saturated heterocycles. The fourth-order valence-electron chi connectivity index (χ4n) is 1.45. The van der Waals surface area contributed by atoms with Crippen molar-refractivity contribution in [3.63, 3.8) is 0 Å². The van der Waals surface area contributed by atoms with Gasteiger partial charge in [-0.1, -0.05) is 12.2 Å². The molecule has 0 aliphatic heterocycles. The highest BCUT2D eigenvalue weighted by Gasteiger charge is 2.17. The third-order valence-corrected chi connectivity index (χ3v) is 2.82. The highest BCUT2D eigenvalue weighted by atomic mass is 79.9. The summed E-state index contributed by atoms with van der Waals surface area (Å²) in [4.78, 5) is 11.7. The van der Waals surface area contributed by atoms with Crippen LogP contribution in [0.1, 0.15) is 23.2 Å². The van der Waals surface area contributed by atoms with Crippen molar-refractivity contribution in [2.45, 2.75) is 18.9 Å². The molecule has 1 aliphatic rings. The minimum absolute atomic E-state index is 0.0840. The van der Waals surface area contributed by atoms with Crippen LogP contribution in [0.3, 0.4) is 0 Å². The summed E-state index contributed by atoms with van der Waals surface area (Å²) in [5.74, 6) is -0.0840. The first kappa shape index (κ1) is 9.52. The first-order valence-electron chi connectivity index (χ1n) is 4.46. The van der Waals surface area contributed by atoms with Gasteiger partial charge in [-0.2, -0.15) is 0 Å². The Morgan fingerprint density at radius 1 is 1.50 bits per heavy atom. The molecule has 0 saturated carbocycles. The lowest BCUT2D eigenvalue weighted by Gasteiger charge is -2.10. The number of halogens is 1. The molecule has 1 aliphatic carbocycles. The fourth-order valence-corrected chi connectivity index (χ4v) is 1.87. The van der Waals surface area contributed by atoms with Crippen molar-refractivity contribution in [2.75, 3.05) is 0 Å². The second-order valence-electron chi connectivity index (χ2n) is 3.22. The van der Waals surface area contributed by atoms with E-state index in [1.165, 1.54) is 6.26 Å². The average molecular weight is 256 g/mol. The lowest BCUT2D eigenvalue weighted by molar-refractivity contribution is 0.0937. The van der Waals surface area contributed by atoms with E-state index < -0.39 is 0 Å². The van der Waals surface area contributed by atoms with Gasteiger partial charge in [0.25, 0.3) is 5.91 Å². The highest BCUT2D eigenvalue weighted by molar-refractivity contribution is 9.10. The summed E-state index contributed by atoms with van der Waals surface area (Å²) < 4.78 is 5.48. The van der Waals surface area contributed by atoms with Crippen molar-refractivity contribution in [1.82, 2.24) is 5.32 Å². The molecule has 1 aromatic rings. The van der Waals surface area contributed by atoms with E-state index in [9.17, 15) is 4.79 Å². The van der Waals surface area contributed by atoms with Crippen molar-refractivity contribution in [2.24, 2.45) is 0 Å². The van der Waals surface area contributed by atoms with Crippen LogP contribution in [0.4, 0.5) is 0 Å². The van der Waals surface area contributed by atoms with Gasteiger partial charge in [0.1, 0.15) is 0 Å². The monoisotopic (exact) mass is 255 g/mol. The van der Waals surface area contributed by atoms with Gasteiger partial charge >= 0.3 is 0 Å². The van der Waals surface area contributed by atoms with Gasteiger partial charge in [0, 0.05) is 6.04 Å². The van der Waals surface area contributed by atoms with Crippen LogP contribution in [-0.2, 0) is 0 Å². The van der Waals surface area contributed by atoms with E-state index in [-0.39, 0.29) is 11.9 Å². The number of nitrogens with one attached hydrogen (secondary N) is 1. The molecule has 0 bridgehead atoms. The Balaban J connectivity index is 1.99. The van der Waals surface area contributed by atoms with Gasteiger partial charge in [-0.05, 0) is 34.8 Å². The lowest BCUT2D eigenvalue weighted by atomic mass is 10.2. The maximum absolute atomic E-state index is 11.7. The molecular weight excluding hydrogens is 246 g/mol. The van der Waals surface area contributed by atoms with Crippen molar-refractivity contribution in [3.05, 3.63) is 34.7 Å². The molecule has 0 fully saturated rings. The quantitative estimate of drug-likeness (QED) is 0.826. The molecule has 14 heavy (non-hydrogen) atoms. The summed E-state index contributed by atoms with van der Waals surface area (Å²) in [6.07, 6.45) is 7.49. The smallest absolute Gasteiger partial charge is 0.255 e. The Morgan fingerprint density at radius 3 is 2.79 bits per heavy atom. The Kier molecular flexibility index (Phi) is 2.72. The van der Waals surface area contributed by atoms with Gasteiger partial charge in [-0.15, -0.1) is 0 Å². The van der Waals surface area contributed by atoms with E-state index in [1.54, 1.807) is 6.07 Å². The SMILES string of the molecule is O=C(NC1CC=CC1)c1ccoc1Br. The predicted octanol–water partition coefficient (Wildman–Crippen LogP) is 2.49. The molecule has 0 aromatic carbocycles. The average Bonchev–Trinajstić information content (AvgIpc) is 2.75. The zero-order chi connectivity index (χ0) is 9.97. The van der Waals surface area contributed by atoms with Crippen molar-refractivity contribution < 1.29 is 9.21 Å². The molecule has 0 unspecified atom stereocenters. The molecule has 1 amide bonds. The number of rotatable bonds is 2. The summed E-state index contributed by atoms with van der Waals surface area (Å²) in [6.45, 7) is 0. The number of carbonyl (C=O) groups is 1. The van der Waals surface area contributed by atoms with Gasteiger partial charge < -0.3 is 9.73 Å². The Bertz CT molecular complexity index is 362. The van der Waals surface area contributed by atoms with E-state index in [4.69, 9.17) is 4.42 Å². The first-order chi connectivity index (χ1) is 6.77. The second-order valence-corrected chi connectivity index (χ2v) is 3.94. The molecule has 2 rings (SSSR count). The molecular formula is C10H10BrNO2. The van der Waals surface area contributed by atoms with Crippen LogP contribution >= 0.6 is 15.9 Å². The maximum Gasteiger partial charge on any atom is 0.255 e. The summed E-state index contributed by atoms with van der Waals surface area (Å²) in [6, 6.07) is 1.89. The van der Waals surface area contributed by atoms with Gasteiger partial charge in [0.15, 0.2) is 4.67 Å². The topological polar surface area (TPSA) is 42.2 Å². The molecule has 0 atom stereocenters. The Morgan fingerprint density at radius 2 is 2.21 bits per heavy atom. The summed E-state index contributed by atoms with van der Waals surface area (Å²) in [7, 11) is 0. The standard InChI is InChI=1S/C10H10BrNO2/c11-9-8(5-6-14-9)10(13)12-7-3-1-2-4-7/h1-2,5-7H,3-4H2,(H,12,13). The maximum atomic E-state index is 11.7. The number of hydrogen-bond acceptors (Lipinski definition) is 2. The molecule has 74 valence electrons. The van der Waals surface area contributed by atoms with Gasteiger partial charge in [0.2, 0.25) is 0 Å². The van der Waals surface area contributed by atoms with Gasteiger partial charge in [-0.25, -0.2) is 0 Å². The molecule has 1 N–H and O–H groups in total. The van der Waals surface area contributed by atoms with Crippen LogP contribution in [0, 0.1) is 0 Å². The van der Waals surface area contributed by atoms with Crippen LogP contribution in [0.15, 0.2) is 33.6 Å². The van der Waals surface area contributed by atoms with E-state index in [0.29, 0.717) is 10.2 Å². The minimum Gasteiger partial charge on any atom is -0.457 e. The van der Waals surface area contributed by atoms with Crippen LogP contribution < -0.4 is 5.32 Å². The van der Waals surface area contributed by atoms with Crippen LogP contribution in [-0.4, -0.2) is 11.9 Å². The number of amides is 1. The molecule has 1 aromatic heterocycles. The second kappa shape index (κ2) is 4.00. The Hall–Kier alpha value is -1.03. The highest BCUT2D eigenvalue weighted by Crippen LogP contribution is 2.18. The first-order valence-corrected chi connectivity index (χ1v) is 5.25. The van der Waals surface area contributed by atoms with Crippen molar-refractivity contribution in [3.8, 4) is 0 Å². The van der Waals surface area contributed by atoms with Crippen molar-refractivity contribution >= 4 is 21.8 Å². The van der Waals surface area contributed by atoms with Gasteiger partial charge in [0.05, 0.1) is 11.8 Å². The van der Waals surface area contributed by atoms with Gasteiger partial charge in [-0.3, -0.25) is 4.79 Å². The largest absolute Gasteiger partial charge is 0.457 e. The third-order valence-electron chi connectivity index (χ3n) is 2.21. The summed E-state index contributed by atoms with van der Waals surface area (Å²) >= 11 is 3.17. The minimum atomic E-state index is -0.0840. The normalized spacial score (nSPS) is 16.1. The lowest BCUT2D eigenvalue weighted by Crippen LogP contribution is -2.32. The van der Waals surface area contributed by atoms with Crippen LogP contribution in [0.5, 0.6) is 0 Å². The molecule has 1 heterocycles. The van der Waals surface area contributed by atoms with E-state index >= 15 is 0 Å². The summed E-state index contributed by atoms with van der Waals surface area (Å²) in [5, 5.41) is 2.93. The van der Waals surface area contributed by atoms with Crippen LogP contribution in [0.2, 0.25) is 0 Å². The molecule has 0 spiro atoms. The van der Waals surface area contributed by atoms with E-state index in [0.717, 1.165) is 12.8 Å². The molecule has 0 radical (unpaired) electrons. The zero-order valence-corrected chi connectivity index (χ0v) is 9.08. The fraction of sp³-hybridized carbons (Fsp3) is 0.300. The van der Waals surface area contributed by atoms with E-state index in [1.807, 2.05) is 0 Å². The number of hydrogen-bond donors (Lipinski definition) is 1. The molecule has 3 nitrogen and oxygen atoms in total. The Labute approximate surface area is 90.3 Å². The summed E-state index contributed by atoms with van der Waals surface area (Å²) in [5.41, 5.74) is 0.553. The third kappa shape index (κ3) is 1.90. The predicted molar refractivity (Wildman–Crippen MR) is 56.0 cm³/mol. The van der Waals surface area contributed by atoms with Crippen molar-refractivity contribution in [1.29, 1.82) is 0 Å². The van der Waals surface area contributed by atoms with E-state index in [2.05, 4.69) is 33.4 Å². The number of carbonyl (C=O) groups excluding carboxylic acids is 1. The zero-order valence-electron chi connectivity index (χ0n) is 7.50. The number of furan rings is 1. The van der Waals surface area contributed by atoms with Crippen LogP contribution in [0.25, 0.3) is 0 Å². The molecule has 4 heteroatoms.